The van der Waals surface area contributed by atoms with Gasteiger partial charge in [0.15, 0.2) is 11.6 Å². The number of hydrogen-bond acceptors (Lipinski definition) is 3. The molecule has 3 nitrogen and oxygen atoms in total. The molecule has 0 aliphatic rings. The van der Waals surface area contributed by atoms with Crippen molar-refractivity contribution in [1.82, 2.24) is 0 Å². The van der Waals surface area contributed by atoms with Gasteiger partial charge < -0.3 is 9.47 Å². The second-order valence-electron chi connectivity index (χ2n) is 3.06. The first-order valence-electron chi connectivity index (χ1n) is 4.76. The Morgan fingerprint density at radius 1 is 1.31 bits per heavy atom. The molecule has 0 spiro atoms. The fourth-order valence-corrected chi connectivity index (χ4v) is 1.23. The van der Waals surface area contributed by atoms with E-state index in [1.165, 1.54) is 7.11 Å². The summed E-state index contributed by atoms with van der Waals surface area (Å²) < 4.78 is 35.7. The molecule has 0 bridgehead atoms. The molecule has 0 heterocycles. The quantitative estimate of drug-likeness (QED) is 0.743. The van der Waals surface area contributed by atoms with E-state index in [-0.39, 0.29) is 24.3 Å². The average molecular weight is 230 g/mol. The Morgan fingerprint density at radius 3 is 2.56 bits per heavy atom. The molecule has 0 aliphatic heterocycles. The van der Waals surface area contributed by atoms with Gasteiger partial charge in [0.05, 0.1) is 20.1 Å². The van der Waals surface area contributed by atoms with Gasteiger partial charge >= 0.3 is 5.97 Å². The minimum Gasteiger partial charge on any atom is -0.494 e. The van der Waals surface area contributed by atoms with Gasteiger partial charge in [-0.05, 0) is 13.0 Å². The molecule has 1 aromatic rings. The van der Waals surface area contributed by atoms with Gasteiger partial charge in [-0.15, -0.1) is 0 Å². The number of hydrogen-bond donors (Lipinski definition) is 0. The third kappa shape index (κ3) is 2.92. The summed E-state index contributed by atoms with van der Waals surface area (Å²) in [6.45, 7) is 1.87. The van der Waals surface area contributed by atoms with Gasteiger partial charge in [0.2, 0.25) is 0 Å². The minimum absolute atomic E-state index is 0.0525. The van der Waals surface area contributed by atoms with E-state index in [0.717, 1.165) is 6.07 Å². The van der Waals surface area contributed by atoms with E-state index in [0.29, 0.717) is 6.07 Å². The average Bonchev–Trinajstić information content (AvgIpc) is 2.22. The number of esters is 1. The molecule has 0 fully saturated rings. The lowest BCUT2D eigenvalue weighted by molar-refractivity contribution is -0.142. The lowest BCUT2D eigenvalue weighted by Crippen LogP contribution is -2.09. The van der Waals surface area contributed by atoms with Gasteiger partial charge in [-0.2, -0.15) is 0 Å². The van der Waals surface area contributed by atoms with Crippen molar-refractivity contribution >= 4 is 5.97 Å². The molecule has 88 valence electrons. The molecule has 5 heteroatoms. The van der Waals surface area contributed by atoms with Gasteiger partial charge in [0.1, 0.15) is 5.82 Å². The summed E-state index contributed by atoms with van der Waals surface area (Å²) in [5.41, 5.74) is 0.0525. The monoisotopic (exact) mass is 230 g/mol. The maximum atomic E-state index is 13.3. The van der Waals surface area contributed by atoms with E-state index in [4.69, 9.17) is 0 Å². The van der Waals surface area contributed by atoms with Crippen LogP contribution < -0.4 is 4.74 Å². The molecule has 0 saturated carbocycles. The zero-order chi connectivity index (χ0) is 12.1. The van der Waals surface area contributed by atoms with E-state index >= 15 is 0 Å². The fourth-order valence-electron chi connectivity index (χ4n) is 1.23. The number of methoxy groups -OCH3 is 1. The van der Waals surface area contributed by atoms with Crippen molar-refractivity contribution in [1.29, 1.82) is 0 Å². The Bertz CT molecular complexity index is 391. The molecule has 0 N–H and O–H groups in total. The van der Waals surface area contributed by atoms with Crippen molar-refractivity contribution in [2.45, 2.75) is 13.3 Å². The topological polar surface area (TPSA) is 35.5 Å². The highest BCUT2D eigenvalue weighted by Gasteiger charge is 2.13. The van der Waals surface area contributed by atoms with Crippen molar-refractivity contribution in [3.8, 4) is 5.75 Å². The molecule has 0 saturated heterocycles. The van der Waals surface area contributed by atoms with Crippen molar-refractivity contribution in [2.24, 2.45) is 0 Å². The van der Waals surface area contributed by atoms with E-state index in [1.807, 2.05) is 0 Å². The summed E-state index contributed by atoms with van der Waals surface area (Å²) in [6.07, 6.45) is -0.240. The maximum Gasteiger partial charge on any atom is 0.310 e. The van der Waals surface area contributed by atoms with Crippen molar-refractivity contribution in [3.63, 3.8) is 0 Å². The molecule has 16 heavy (non-hydrogen) atoms. The van der Waals surface area contributed by atoms with Gasteiger partial charge in [-0.1, -0.05) is 0 Å². The summed E-state index contributed by atoms with van der Waals surface area (Å²) in [6, 6.07) is 1.84. The Hall–Kier alpha value is -1.65. The van der Waals surface area contributed by atoms with Crippen molar-refractivity contribution in [3.05, 3.63) is 29.3 Å². The van der Waals surface area contributed by atoms with Crippen LogP contribution in [0.2, 0.25) is 0 Å². The van der Waals surface area contributed by atoms with E-state index < -0.39 is 17.6 Å². The highest BCUT2D eigenvalue weighted by Crippen LogP contribution is 2.21. The van der Waals surface area contributed by atoms with Crippen molar-refractivity contribution in [2.75, 3.05) is 13.7 Å². The zero-order valence-corrected chi connectivity index (χ0v) is 9.05. The van der Waals surface area contributed by atoms with Crippen LogP contribution in [0, 0.1) is 11.6 Å². The van der Waals surface area contributed by atoms with E-state index in [9.17, 15) is 13.6 Å². The number of ether oxygens (including phenoxy) is 2. The van der Waals surface area contributed by atoms with Crippen LogP contribution in [0.3, 0.4) is 0 Å². The van der Waals surface area contributed by atoms with Gasteiger partial charge in [0.25, 0.3) is 0 Å². The number of carbonyl (C=O) groups excluding carboxylic acids is 1. The van der Waals surface area contributed by atoms with Crippen LogP contribution >= 0.6 is 0 Å². The molecular formula is C11H12F2O3. The first-order chi connectivity index (χ1) is 7.58. The number of benzene rings is 1. The van der Waals surface area contributed by atoms with Crippen LogP contribution in [0.5, 0.6) is 5.75 Å². The largest absolute Gasteiger partial charge is 0.494 e. The van der Waals surface area contributed by atoms with Crippen LogP contribution in [0.1, 0.15) is 12.5 Å². The summed E-state index contributed by atoms with van der Waals surface area (Å²) in [7, 11) is 1.27. The Morgan fingerprint density at radius 2 is 2.00 bits per heavy atom. The molecule has 0 atom stereocenters. The van der Waals surface area contributed by atoms with E-state index in [1.54, 1.807) is 6.92 Å². The highest BCUT2D eigenvalue weighted by atomic mass is 19.1. The van der Waals surface area contributed by atoms with Crippen LogP contribution in [0.25, 0.3) is 0 Å². The van der Waals surface area contributed by atoms with Gasteiger partial charge in [-0.25, -0.2) is 8.78 Å². The standard InChI is InChI=1S/C11H12F2O3/c1-3-16-11(14)5-7-4-10(15-2)9(13)6-8(7)12/h4,6H,3,5H2,1-2H3. The third-order valence-corrected chi connectivity index (χ3v) is 1.96. The Kier molecular flexibility index (Phi) is 4.22. The molecule has 0 aliphatic carbocycles. The Balaban J connectivity index is 2.91. The first kappa shape index (κ1) is 12.4. The fraction of sp³-hybridized carbons (Fsp3) is 0.364. The smallest absolute Gasteiger partial charge is 0.310 e. The molecule has 0 aromatic heterocycles. The predicted octanol–water partition coefficient (Wildman–Crippen LogP) is 2.08. The SMILES string of the molecule is CCOC(=O)Cc1cc(OC)c(F)cc1F. The third-order valence-electron chi connectivity index (χ3n) is 1.96. The maximum absolute atomic E-state index is 13.3. The number of halogens is 2. The normalized spacial score (nSPS) is 10.0. The van der Waals surface area contributed by atoms with Gasteiger partial charge in [0, 0.05) is 11.6 Å². The highest BCUT2D eigenvalue weighted by molar-refractivity contribution is 5.72. The number of carbonyl (C=O) groups is 1. The second kappa shape index (κ2) is 5.44. The lowest BCUT2D eigenvalue weighted by Gasteiger charge is -2.07. The minimum atomic E-state index is -0.799. The first-order valence-corrected chi connectivity index (χ1v) is 4.76. The van der Waals surface area contributed by atoms with Crippen molar-refractivity contribution < 1.29 is 23.0 Å². The van der Waals surface area contributed by atoms with E-state index in [2.05, 4.69) is 9.47 Å². The molecule has 0 unspecified atom stereocenters. The summed E-state index contributed by atoms with van der Waals surface area (Å²) in [5, 5.41) is 0. The van der Waals surface area contributed by atoms with Gasteiger partial charge in [-0.3, -0.25) is 4.79 Å². The molecule has 1 rings (SSSR count). The molecule has 0 radical (unpaired) electrons. The molecular weight excluding hydrogens is 218 g/mol. The molecule has 0 amide bonds. The Labute approximate surface area is 92.0 Å². The summed E-state index contributed by atoms with van der Waals surface area (Å²) >= 11 is 0. The molecule has 1 aromatic carbocycles. The number of rotatable bonds is 4. The lowest BCUT2D eigenvalue weighted by atomic mass is 10.1. The van der Waals surface area contributed by atoms with Crippen LogP contribution in [0.15, 0.2) is 12.1 Å². The van der Waals surface area contributed by atoms with Crippen LogP contribution in [-0.2, 0) is 16.0 Å². The zero-order valence-electron chi connectivity index (χ0n) is 9.05. The predicted molar refractivity (Wildman–Crippen MR) is 53.2 cm³/mol. The summed E-state index contributed by atoms with van der Waals surface area (Å²) in [5.74, 6) is -2.24. The summed E-state index contributed by atoms with van der Waals surface area (Å²) in [4.78, 5) is 11.1. The van der Waals surface area contributed by atoms with Crippen LogP contribution in [-0.4, -0.2) is 19.7 Å². The van der Waals surface area contributed by atoms with Crippen LogP contribution in [0.4, 0.5) is 8.78 Å². The second-order valence-corrected chi connectivity index (χ2v) is 3.06.